The molecule has 1 aromatic heterocycles. The summed E-state index contributed by atoms with van der Waals surface area (Å²) >= 11 is 0. The van der Waals surface area contributed by atoms with Crippen LogP contribution in [0.3, 0.4) is 0 Å². The monoisotopic (exact) mass is 399 g/mol. The van der Waals surface area contributed by atoms with Crippen molar-refractivity contribution in [2.24, 2.45) is 0 Å². The molecule has 7 heteroatoms. The zero-order valence-corrected chi connectivity index (χ0v) is 16.0. The summed E-state index contributed by atoms with van der Waals surface area (Å²) in [5.74, 6) is 0. The van der Waals surface area contributed by atoms with Gasteiger partial charge >= 0.3 is 12.2 Å². The van der Waals surface area contributed by atoms with Crippen LogP contribution in [0.15, 0.2) is 60.8 Å². The van der Waals surface area contributed by atoms with Gasteiger partial charge in [-0.3, -0.25) is 4.98 Å². The Hall–Kier alpha value is -3.35. The SMILES string of the molecule is Cc1ccc(NC(=O)NCc2cccc(-c3cccnc3C)c2)cc1C(F)(F)F. The molecule has 0 saturated carbocycles. The van der Waals surface area contributed by atoms with Gasteiger partial charge in [0, 0.05) is 29.7 Å². The lowest BCUT2D eigenvalue weighted by Gasteiger charge is -2.13. The lowest BCUT2D eigenvalue weighted by atomic mass is 10.0. The quantitative estimate of drug-likeness (QED) is 0.591. The summed E-state index contributed by atoms with van der Waals surface area (Å²) in [7, 11) is 0. The number of hydrogen-bond donors (Lipinski definition) is 2. The highest BCUT2D eigenvalue weighted by molar-refractivity contribution is 5.89. The lowest BCUT2D eigenvalue weighted by molar-refractivity contribution is -0.138. The largest absolute Gasteiger partial charge is 0.416 e. The van der Waals surface area contributed by atoms with Crippen LogP contribution < -0.4 is 10.6 Å². The summed E-state index contributed by atoms with van der Waals surface area (Å²) in [6.07, 6.45) is -2.74. The smallest absolute Gasteiger partial charge is 0.334 e. The molecule has 4 nitrogen and oxygen atoms in total. The number of carbonyl (C=O) groups excluding carboxylic acids is 1. The van der Waals surface area contributed by atoms with Crippen LogP contribution in [0.4, 0.5) is 23.7 Å². The van der Waals surface area contributed by atoms with Crippen molar-refractivity contribution < 1.29 is 18.0 Å². The summed E-state index contributed by atoms with van der Waals surface area (Å²) in [6, 6.07) is 14.6. The average Bonchev–Trinajstić information content (AvgIpc) is 2.67. The summed E-state index contributed by atoms with van der Waals surface area (Å²) in [6.45, 7) is 3.53. The van der Waals surface area contributed by atoms with Crippen LogP contribution in [-0.4, -0.2) is 11.0 Å². The van der Waals surface area contributed by atoms with Crippen LogP contribution in [0, 0.1) is 13.8 Å². The van der Waals surface area contributed by atoms with Crippen molar-refractivity contribution in [3.63, 3.8) is 0 Å². The maximum absolute atomic E-state index is 13.0. The molecular weight excluding hydrogens is 379 g/mol. The fourth-order valence-corrected chi connectivity index (χ4v) is 3.00. The molecule has 0 fully saturated rings. The molecule has 0 spiro atoms. The minimum Gasteiger partial charge on any atom is -0.334 e. The van der Waals surface area contributed by atoms with Gasteiger partial charge in [0.25, 0.3) is 0 Å². The Kier molecular flexibility index (Phi) is 5.87. The Morgan fingerprint density at radius 2 is 1.83 bits per heavy atom. The summed E-state index contributed by atoms with van der Waals surface area (Å²) in [4.78, 5) is 16.4. The predicted molar refractivity (Wildman–Crippen MR) is 106 cm³/mol. The zero-order chi connectivity index (χ0) is 21.0. The number of alkyl halides is 3. The molecule has 0 aliphatic carbocycles. The Morgan fingerprint density at radius 3 is 2.55 bits per heavy atom. The summed E-state index contributed by atoms with van der Waals surface area (Å²) in [5, 5.41) is 5.11. The van der Waals surface area contributed by atoms with Crippen LogP contribution in [0.25, 0.3) is 11.1 Å². The van der Waals surface area contributed by atoms with Gasteiger partial charge in [-0.05, 0) is 54.8 Å². The van der Waals surface area contributed by atoms with E-state index in [0.29, 0.717) is 0 Å². The Morgan fingerprint density at radius 1 is 1.03 bits per heavy atom. The van der Waals surface area contributed by atoms with E-state index in [0.717, 1.165) is 28.5 Å². The molecule has 0 atom stereocenters. The molecular formula is C22H20F3N3O. The predicted octanol–water partition coefficient (Wildman–Crippen LogP) is 5.71. The average molecular weight is 399 g/mol. The van der Waals surface area contributed by atoms with Crippen LogP contribution in [0.1, 0.15) is 22.4 Å². The van der Waals surface area contributed by atoms with Crippen molar-refractivity contribution in [3.05, 3.63) is 83.2 Å². The number of carbonyl (C=O) groups is 1. The van der Waals surface area contributed by atoms with Crippen molar-refractivity contribution in [1.29, 1.82) is 0 Å². The third-order valence-electron chi connectivity index (χ3n) is 4.50. The van der Waals surface area contributed by atoms with Crippen molar-refractivity contribution in [3.8, 4) is 11.1 Å². The number of anilines is 1. The second kappa shape index (κ2) is 8.34. The molecule has 150 valence electrons. The zero-order valence-electron chi connectivity index (χ0n) is 16.0. The first kappa shape index (κ1) is 20.4. The van der Waals surface area contributed by atoms with Gasteiger partial charge in [0.1, 0.15) is 0 Å². The van der Waals surface area contributed by atoms with Crippen molar-refractivity contribution in [2.45, 2.75) is 26.6 Å². The maximum Gasteiger partial charge on any atom is 0.416 e. The van der Waals surface area contributed by atoms with E-state index >= 15 is 0 Å². The van der Waals surface area contributed by atoms with E-state index in [1.54, 1.807) is 6.20 Å². The number of urea groups is 1. The van der Waals surface area contributed by atoms with E-state index in [1.807, 2.05) is 43.3 Å². The molecule has 3 rings (SSSR count). The third kappa shape index (κ3) is 5.13. The highest BCUT2D eigenvalue weighted by Gasteiger charge is 2.32. The second-order valence-corrected chi connectivity index (χ2v) is 6.67. The van der Waals surface area contributed by atoms with Gasteiger partial charge in [-0.25, -0.2) is 4.79 Å². The molecule has 0 radical (unpaired) electrons. The number of halogens is 3. The van der Waals surface area contributed by atoms with E-state index < -0.39 is 17.8 Å². The van der Waals surface area contributed by atoms with Crippen molar-refractivity contribution in [2.75, 3.05) is 5.32 Å². The molecule has 1 heterocycles. The number of hydrogen-bond acceptors (Lipinski definition) is 2. The standard InChI is InChI=1S/C22H20F3N3O/c1-14-8-9-18(12-20(14)22(23,24)25)28-21(29)27-13-16-5-3-6-17(11-16)19-7-4-10-26-15(19)2/h3-12H,13H2,1-2H3,(H2,27,28,29). The van der Waals surface area contributed by atoms with Gasteiger partial charge in [0.05, 0.1) is 5.56 Å². The van der Waals surface area contributed by atoms with Crippen LogP contribution >= 0.6 is 0 Å². The summed E-state index contributed by atoms with van der Waals surface area (Å²) < 4.78 is 39.0. The molecule has 29 heavy (non-hydrogen) atoms. The van der Waals surface area contributed by atoms with Gasteiger partial charge in [0.15, 0.2) is 0 Å². The number of pyridine rings is 1. The van der Waals surface area contributed by atoms with Gasteiger partial charge < -0.3 is 10.6 Å². The first-order chi connectivity index (χ1) is 13.7. The van der Waals surface area contributed by atoms with Gasteiger partial charge in [-0.15, -0.1) is 0 Å². The number of nitrogens with one attached hydrogen (secondary N) is 2. The van der Waals surface area contributed by atoms with E-state index in [9.17, 15) is 18.0 Å². The Labute approximate surface area is 166 Å². The van der Waals surface area contributed by atoms with Gasteiger partial charge in [-0.1, -0.05) is 30.3 Å². The minimum absolute atomic E-state index is 0.0835. The molecule has 0 saturated heterocycles. The van der Waals surface area contributed by atoms with Gasteiger partial charge in [0.2, 0.25) is 0 Å². The normalized spacial score (nSPS) is 11.2. The Bertz CT molecular complexity index is 1030. The maximum atomic E-state index is 13.0. The van der Waals surface area contributed by atoms with E-state index in [4.69, 9.17) is 0 Å². The first-order valence-corrected chi connectivity index (χ1v) is 8.97. The topological polar surface area (TPSA) is 54.0 Å². The number of amides is 2. The third-order valence-corrected chi connectivity index (χ3v) is 4.50. The number of nitrogens with zero attached hydrogens (tertiary/aromatic N) is 1. The molecule has 0 aliphatic rings. The Balaban J connectivity index is 1.66. The van der Waals surface area contributed by atoms with Crippen molar-refractivity contribution in [1.82, 2.24) is 10.3 Å². The molecule has 2 N–H and O–H groups in total. The second-order valence-electron chi connectivity index (χ2n) is 6.67. The number of rotatable bonds is 4. The van der Waals surface area contributed by atoms with E-state index in [1.165, 1.54) is 19.1 Å². The highest BCUT2D eigenvalue weighted by atomic mass is 19.4. The number of aromatic nitrogens is 1. The van der Waals surface area contributed by atoms with E-state index in [-0.39, 0.29) is 17.8 Å². The lowest BCUT2D eigenvalue weighted by Crippen LogP contribution is -2.28. The van der Waals surface area contributed by atoms with Crippen molar-refractivity contribution >= 4 is 11.7 Å². The van der Waals surface area contributed by atoms with Crippen LogP contribution in [0.2, 0.25) is 0 Å². The highest BCUT2D eigenvalue weighted by Crippen LogP contribution is 2.33. The van der Waals surface area contributed by atoms with Crippen LogP contribution in [0.5, 0.6) is 0 Å². The van der Waals surface area contributed by atoms with E-state index in [2.05, 4.69) is 15.6 Å². The van der Waals surface area contributed by atoms with Crippen LogP contribution in [-0.2, 0) is 12.7 Å². The number of aryl methyl sites for hydroxylation is 2. The molecule has 0 aliphatic heterocycles. The fourth-order valence-electron chi connectivity index (χ4n) is 3.00. The molecule has 3 aromatic rings. The van der Waals surface area contributed by atoms with Gasteiger partial charge in [-0.2, -0.15) is 13.2 Å². The molecule has 2 amide bonds. The molecule has 0 bridgehead atoms. The first-order valence-electron chi connectivity index (χ1n) is 8.97. The fraction of sp³-hybridized carbons (Fsp3) is 0.182. The molecule has 2 aromatic carbocycles. The summed E-state index contributed by atoms with van der Waals surface area (Å²) in [5.41, 5.74) is 3.15. The molecule has 0 unspecified atom stereocenters. The minimum atomic E-state index is -4.47. The number of benzene rings is 2.